The maximum Gasteiger partial charge on any atom is 0.261 e. The summed E-state index contributed by atoms with van der Waals surface area (Å²) in [6.45, 7) is 4.04. The van der Waals surface area contributed by atoms with Crippen molar-refractivity contribution in [1.82, 2.24) is 5.32 Å². The number of allylic oxidation sites excluding steroid dienone is 1. The van der Waals surface area contributed by atoms with Crippen molar-refractivity contribution in [3.05, 3.63) is 41.4 Å². The number of fused-ring (bicyclic) bond motifs is 1. The minimum Gasteiger partial charge on any atom is -0.488 e. The molecule has 0 spiro atoms. The van der Waals surface area contributed by atoms with Gasteiger partial charge < -0.3 is 30.6 Å². The monoisotopic (exact) mass is 424 g/mol. The van der Waals surface area contributed by atoms with Gasteiger partial charge in [-0.15, -0.1) is 0 Å². The van der Waals surface area contributed by atoms with Gasteiger partial charge in [-0.1, -0.05) is 0 Å². The van der Waals surface area contributed by atoms with Crippen LogP contribution in [0.3, 0.4) is 0 Å². The number of benzene rings is 1. The van der Waals surface area contributed by atoms with E-state index in [0.717, 1.165) is 36.8 Å². The minimum atomic E-state index is -0.452. The maximum absolute atomic E-state index is 13.0. The number of aliphatic hydroxyl groups is 1. The van der Waals surface area contributed by atoms with Crippen LogP contribution < -0.4 is 20.1 Å². The maximum atomic E-state index is 13.0. The van der Waals surface area contributed by atoms with Gasteiger partial charge in [0.05, 0.1) is 23.5 Å². The molecule has 164 valence electrons. The molecule has 4 rings (SSSR count). The van der Waals surface area contributed by atoms with Crippen LogP contribution in [-0.2, 0) is 11.2 Å². The normalized spacial score (nSPS) is 25.1. The van der Waals surface area contributed by atoms with Crippen LogP contribution in [0.1, 0.15) is 45.1 Å². The van der Waals surface area contributed by atoms with Crippen molar-refractivity contribution in [2.24, 2.45) is 4.99 Å². The summed E-state index contributed by atoms with van der Waals surface area (Å²) in [5.41, 5.74) is 1.31. The lowest BCUT2D eigenvalue weighted by molar-refractivity contribution is -0.112. The van der Waals surface area contributed by atoms with Crippen molar-refractivity contribution in [3.8, 4) is 11.5 Å². The number of hydrogen-bond acceptors (Lipinski definition) is 7. The predicted molar refractivity (Wildman–Crippen MR) is 119 cm³/mol. The number of rotatable bonds is 5. The number of anilines is 1. The quantitative estimate of drug-likeness (QED) is 0.428. The zero-order valence-corrected chi connectivity index (χ0v) is 17.8. The highest BCUT2D eigenvalue weighted by atomic mass is 16.5. The summed E-state index contributed by atoms with van der Waals surface area (Å²) in [6.07, 6.45) is 9.19. The number of aliphatic imine (C=N–C) groups is 1. The van der Waals surface area contributed by atoms with Crippen LogP contribution in [0.4, 0.5) is 5.69 Å². The number of aliphatic hydroxyl groups excluding tert-OH is 1. The molecule has 0 saturated heterocycles. The van der Waals surface area contributed by atoms with E-state index in [2.05, 4.69) is 15.6 Å². The second kappa shape index (κ2) is 8.55. The summed E-state index contributed by atoms with van der Waals surface area (Å²) < 4.78 is 12.3. The summed E-state index contributed by atoms with van der Waals surface area (Å²) >= 11 is 0. The van der Waals surface area contributed by atoms with Gasteiger partial charge in [-0.25, -0.2) is 4.99 Å². The average molecular weight is 425 g/mol. The smallest absolute Gasteiger partial charge is 0.261 e. The molecule has 1 fully saturated rings. The van der Waals surface area contributed by atoms with Gasteiger partial charge in [0.25, 0.3) is 5.91 Å². The second-order valence-electron chi connectivity index (χ2n) is 8.69. The van der Waals surface area contributed by atoms with Crippen molar-refractivity contribution in [3.63, 3.8) is 0 Å². The van der Waals surface area contributed by atoms with Crippen LogP contribution in [0, 0.1) is 5.41 Å². The van der Waals surface area contributed by atoms with E-state index in [1.54, 1.807) is 18.5 Å². The van der Waals surface area contributed by atoms with E-state index in [1.165, 1.54) is 0 Å². The van der Waals surface area contributed by atoms with E-state index >= 15 is 0 Å². The van der Waals surface area contributed by atoms with Crippen molar-refractivity contribution in [1.29, 1.82) is 5.41 Å². The Hall–Kier alpha value is -3.13. The highest BCUT2D eigenvalue weighted by molar-refractivity contribution is 6.18. The molecule has 1 aliphatic carbocycles. The molecule has 0 bridgehead atoms. The second-order valence-corrected chi connectivity index (χ2v) is 8.69. The minimum absolute atomic E-state index is 0.0400. The van der Waals surface area contributed by atoms with Gasteiger partial charge >= 0.3 is 0 Å². The van der Waals surface area contributed by atoms with Crippen LogP contribution in [0.2, 0.25) is 0 Å². The molecule has 31 heavy (non-hydrogen) atoms. The molecule has 1 amide bonds. The van der Waals surface area contributed by atoms with E-state index in [0.29, 0.717) is 30.1 Å². The summed E-state index contributed by atoms with van der Waals surface area (Å²) in [4.78, 5) is 17.1. The third kappa shape index (κ3) is 4.80. The molecule has 0 unspecified atom stereocenters. The molecular formula is C23H28N4O4. The van der Waals surface area contributed by atoms with Gasteiger partial charge in [0, 0.05) is 36.7 Å². The molecule has 0 radical (unpaired) electrons. The molecule has 8 heteroatoms. The number of nitrogens with zero attached hydrogens (tertiary/aromatic N) is 1. The van der Waals surface area contributed by atoms with Crippen LogP contribution in [0.15, 0.2) is 40.8 Å². The molecule has 4 N–H and O–H groups in total. The highest BCUT2D eigenvalue weighted by Gasteiger charge is 2.32. The first-order valence-corrected chi connectivity index (χ1v) is 10.6. The Morgan fingerprint density at radius 3 is 2.81 bits per heavy atom. The fraction of sp³-hybridized carbons (Fsp3) is 0.435. The predicted octanol–water partition coefficient (Wildman–Crippen LogP) is 3.07. The molecule has 8 nitrogen and oxygen atoms in total. The molecular weight excluding hydrogens is 396 g/mol. The first kappa shape index (κ1) is 21.1. The van der Waals surface area contributed by atoms with E-state index in [4.69, 9.17) is 14.9 Å². The number of nitrogens with one attached hydrogen (secondary N) is 3. The number of amides is 1. The number of ether oxygens (including phenoxy) is 2. The third-order valence-electron chi connectivity index (χ3n) is 5.60. The third-order valence-corrected chi connectivity index (χ3v) is 5.60. The Balaban J connectivity index is 1.62. The van der Waals surface area contributed by atoms with Gasteiger partial charge in [-0.3, -0.25) is 4.79 Å². The summed E-state index contributed by atoms with van der Waals surface area (Å²) in [5, 5.41) is 23.3. The Kier molecular flexibility index (Phi) is 5.82. The van der Waals surface area contributed by atoms with Crippen LogP contribution in [-0.4, -0.2) is 41.3 Å². The van der Waals surface area contributed by atoms with E-state index in [9.17, 15) is 9.90 Å². The van der Waals surface area contributed by atoms with Crippen molar-refractivity contribution in [2.75, 3.05) is 5.32 Å². The van der Waals surface area contributed by atoms with Gasteiger partial charge in [0.1, 0.15) is 22.9 Å². The Morgan fingerprint density at radius 2 is 2.13 bits per heavy atom. The van der Waals surface area contributed by atoms with Gasteiger partial charge in [-0.05, 0) is 51.7 Å². The molecule has 1 aromatic rings. The molecule has 1 saturated carbocycles. The number of hydrogen-bond donors (Lipinski definition) is 4. The largest absolute Gasteiger partial charge is 0.488 e. The Labute approximate surface area is 181 Å². The SMILES string of the molecule is CC1(C)Cc2cc(NC(=O)/C(C=N)=C3\N=CC=CN3)c(O[C@H]3CC[C@H](O)CC3)cc2O1. The van der Waals surface area contributed by atoms with E-state index < -0.39 is 5.91 Å². The van der Waals surface area contributed by atoms with Crippen molar-refractivity contribution < 1.29 is 19.4 Å². The standard InChI is InChI=1S/C23H28N4O4/c1-23(2)12-14-10-18(27-22(29)17(13-24)21-25-8-3-9-26-21)20(11-19(14)31-23)30-16-6-4-15(28)5-7-16/h3,8-11,13,15-16,24-25,28H,4-7,12H2,1-2H3,(H,27,29)/b21-17-,24-13?/t15-,16-. The lowest BCUT2D eigenvalue weighted by Crippen LogP contribution is -2.27. The fourth-order valence-corrected chi connectivity index (χ4v) is 4.07. The van der Waals surface area contributed by atoms with Crippen LogP contribution >= 0.6 is 0 Å². The van der Waals surface area contributed by atoms with Gasteiger partial charge in [0.15, 0.2) is 0 Å². The molecule has 2 aliphatic heterocycles. The lowest BCUT2D eigenvalue weighted by Gasteiger charge is -2.27. The van der Waals surface area contributed by atoms with Gasteiger partial charge in [-0.2, -0.15) is 0 Å². The van der Waals surface area contributed by atoms with Crippen molar-refractivity contribution in [2.45, 2.75) is 63.8 Å². The molecule has 2 heterocycles. The summed E-state index contributed by atoms with van der Waals surface area (Å²) in [7, 11) is 0. The van der Waals surface area contributed by atoms with Crippen LogP contribution in [0.25, 0.3) is 0 Å². The van der Waals surface area contributed by atoms with E-state index in [-0.39, 0.29) is 23.4 Å². The lowest BCUT2D eigenvalue weighted by atomic mass is 9.95. The fourth-order valence-electron chi connectivity index (χ4n) is 4.07. The Morgan fingerprint density at radius 1 is 1.35 bits per heavy atom. The number of carbonyl (C=O) groups is 1. The number of carbonyl (C=O) groups excluding carboxylic acids is 1. The Bertz CT molecular complexity index is 972. The zero-order valence-electron chi connectivity index (χ0n) is 17.8. The highest BCUT2D eigenvalue weighted by Crippen LogP contribution is 2.42. The first-order chi connectivity index (χ1) is 14.8. The van der Waals surface area contributed by atoms with Gasteiger partial charge in [0.2, 0.25) is 0 Å². The molecule has 1 aromatic carbocycles. The molecule has 0 atom stereocenters. The average Bonchev–Trinajstić information content (AvgIpc) is 3.04. The topological polar surface area (TPSA) is 116 Å². The zero-order chi connectivity index (χ0) is 22.0. The summed E-state index contributed by atoms with van der Waals surface area (Å²) in [6, 6.07) is 3.72. The van der Waals surface area contributed by atoms with Crippen LogP contribution in [0.5, 0.6) is 11.5 Å². The van der Waals surface area contributed by atoms with Crippen molar-refractivity contribution >= 4 is 24.0 Å². The first-order valence-electron chi connectivity index (χ1n) is 10.6. The molecule has 3 aliphatic rings. The van der Waals surface area contributed by atoms with E-state index in [1.807, 2.05) is 26.0 Å². The molecule has 0 aromatic heterocycles. The summed E-state index contributed by atoms with van der Waals surface area (Å²) in [5.74, 6) is 1.14.